The summed E-state index contributed by atoms with van der Waals surface area (Å²) >= 11 is 7.75. The van der Waals surface area contributed by atoms with E-state index in [9.17, 15) is 0 Å². The first kappa shape index (κ1) is 96.7. The SMILES string of the molecule is CCCCC(CC)COc1ccc(-n2c3cc(Br)ccc3c3ccc(-c4ccc5c6ccc(-c7ccc8c9ccc(-c%10ccc%11c%12ccc(-c%13ccc%14c%15ccc(Br)cc%15n(-c%15ccc(OCC(CC)CCCC)cc%15)c%14c%13)cc%12n(-c%12ccc(OCC(CC)CCCC)cc%12)c%11c%10)cc9n(-c9ccc(OCC(CC)CCCC)cc9)c8c7)cc6n(-c6ccc(OCC(CC)CCCC)cc6)c5c4)cc32)cc1. The summed E-state index contributed by atoms with van der Waals surface area (Å²) in [5, 5.41) is 11.9. The van der Waals surface area contributed by atoms with Crippen LogP contribution in [0.15, 0.2) is 312 Å². The van der Waals surface area contributed by atoms with Gasteiger partial charge in [-0.15, -0.1) is 0 Å². The highest BCUT2D eigenvalue weighted by Crippen LogP contribution is 2.47. The van der Waals surface area contributed by atoms with Gasteiger partial charge in [-0.2, -0.15) is 0 Å². The molecular formula is C130H135Br2N5O5. The molecule has 12 heteroatoms. The monoisotopic (exact) mass is 2000 g/mol. The first-order valence-electron chi connectivity index (χ1n) is 53.1. The molecule has 0 saturated heterocycles. The van der Waals surface area contributed by atoms with Crippen molar-refractivity contribution in [3.63, 3.8) is 0 Å². The van der Waals surface area contributed by atoms with E-state index in [1.807, 2.05) is 0 Å². The lowest BCUT2D eigenvalue weighted by Crippen LogP contribution is -2.11. The quantitative estimate of drug-likeness (QED) is 0.0381. The van der Waals surface area contributed by atoms with E-state index in [0.717, 1.165) is 211 Å². The number of aromatic nitrogens is 5. The predicted octanol–water partition coefficient (Wildman–Crippen LogP) is 38.3. The Morgan fingerprint density at radius 1 is 0.183 bits per heavy atom. The number of rotatable bonds is 44. The molecule has 5 heterocycles. The van der Waals surface area contributed by atoms with Crippen LogP contribution in [0.2, 0.25) is 0 Å². The number of ether oxygens (including phenoxy) is 5. The van der Waals surface area contributed by atoms with Gasteiger partial charge in [-0.05, 0) is 300 Å². The maximum atomic E-state index is 6.70. The van der Waals surface area contributed by atoms with E-state index in [4.69, 9.17) is 23.7 Å². The molecule has 0 saturated carbocycles. The van der Waals surface area contributed by atoms with E-state index in [0.29, 0.717) is 49.4 Å². The van der Waals surface area contributed by atoms with Crippen LogP contribution in [0.4, 0.5) is 0 Å². The van der Waals surface area contributed by atoms with Gasteiger partial charge >= 0.3 is 0 Å². The van der Waals surface area contributed by atoms with Crippen LogP contribution >= 0.6 is 31.9 Å². The molecule has 0 aliphatic carbocycles. The fourth-order valence-electron chi connectivity index (χ4n) is 21.9. The highest BCUT2D eigenvalue weighted by atomic mass is 79.9. The normalized spacial score (nSPS) is 13.1. The second-order valence-electron chi connectivity index (χ2n) is 40.0. The van der Waals surface area contributed by atoms with E-state index in [-0.39, 0.29) is 0 Å². The molecule has 20 aromatic rings. The standard InChI is InChI=1S/C130H135Br2N5O5/c1-11-21-26-86(16-6)81-138-106-51-41-101(42-52-106)133-121-71-91(93-33-63-113-115-65-35-95(75-125(115)134(123(113)73-93)102-43-53-107(54-44-102)139-82-87(17-7)27-22-12-2)97-37-67-117-119-69-39-99(131)79-129(119)136(127(117)77-97)104-47-57-109(58-48-104)141-84-89(19-9)29-24-14-4)31-61-111(121)112-62-32-92(72-122(112)133)94-34-64-114-116-66-36-96(76-126(116)135(124(114)74-94)103-45-55-108(56-46-103)140-83-88(18-8)28-23-13-3)98-38-68-118-120-70-40-100(132)80-130(120)137(128(118)78-98)105-49-59-110(60-50-105)142-85-90(20-10)30-25-15-5/h31-80,86-90H,11-30,81-85H2,1-10H3. The summed E-state index contributed by atoms with van der Waals surface area (Å²) in [6, 6.07) is 114. The van der Waals surface area contributed by atoms with Gasteiger partial charge in [-0.25, -0.2) is 0 Å². The first-order chi connectivity index (χ1) is 69.7. The van der Waals surface area contributed by atoms with Crippen molar-refractivity contribution in [1.82, 2.24) is 22.8 Å². The van der Waals surface area contributed by atoms with Crippen LogP contribution in [0.3, 0.4) is 0 Å². The Morgan fingerprint density at radius 3 is 0.479 bits per heavy atom. The Balaban J connectivity index is 0.702. The van der Waals surface area contributed by atoms with Crippen molar-refractivity contribution in [2.75, 3.05) is 33.0 Å². The van der Waals surface area contributed by atoms with Crippen LogP contribution < -0.4 is 23.7 Å². The van der Waals surface area contributed by atoms with Gasteiger partial charge in [-0.1, -0.05) is 307 Å². The minimum absolute atomic E-state index is 0.502. The molecule has 0 bridgehead atoms. The molecule has 5 atom stereocenters. The molecule has 0 N–H and O–H groups in total. The lowest BCUT2D eigenvalue weighted by atomic mass is 9.99. The van der Waals surface area contributed by atoms with Crippen LogP contribution in [0.5, 0.6) is 28.7 Å². The van der Waals surface area contributed by atoms with Gasteiger partial charge in [0.1, 0.15) is 28.7 Å². The van der Waals surface area contributed by atoms with Gasteiger partial charge in [0.05, 0.1) is 88.2 Å². The Hall–Kier alpha value is -12.7. The molecule has 5 unspecified atom stereocenters. The topological polar surface area (TPSA) is 70.8 Å². The summed E-state index contributed by atoms with van der Waals surface area (Å²) in [4.78, 5) is 0. The number of hydrogen-bond donors (Lipinski definition) is 0. The van der Waals surface area contributed by atoms with E-state index < -0.39 is 0 Å². The lowest BCUT2D eigenvalue weighted by Gasteiger charge is -2.16. The Labute approximate surface area is 855 Å². The smallest absolute Gasteiger partial charge is 0.119 e. The minimum Gasteiger partial charge on any atom is -0.493 e. The third kappa shape index (κ3) is 20.0. The highest BCUT2D eigenvalue weighted by Gasteiger charge is 2.26. The van der Waals surface area contributed by atoms with Crippen LogP contribution in [0.25, 0.3) is 182 Å². The van der Waals surface area contributed by atoms with E-state index in [2.05, 4.69) is 427 Å². The second kappa shape index (κ2) is 44.0. The van der Waals surface area contributed by atoms with Crippen molar-refractivity contribution < 1.29 is 23.7 Å². The maximum absolute atomic E-state index is 6.70. The molecule has 5 aromatic heterocycles. The molecule has 0 aliphatic rings. The van der Waals surface area contributed by atoms with E-state index in [1.165, 1.54) is 150 Å². The van der Waals surface area contributed by atoms with Gasteiger partial charge in [0.25, 0.3) is 0 Å². The van der Waals surface area contributed by atoms with Crippen molar-refractivity contribution in [3.05, 3.63) is 312 Å². The molecule has 0 aliphatic heterocycles. The summed E-state index contributed by atoms with van der Waals surface area (Å²) < 4.78 is 47.4. The molecule has 0 fully saturated rings. The van der Waals surface area contributed by atoms with Gasteiger partial charge in [0.15, 0.2) is 0 Å². The van der Waals surface area contributed by atoms with E-state index in [1.54, 1.807) is 0 Å². The molecule has 0 radical (unpaired) electrons. The minimum atomic E-state index is 0.502. The van der Waals surface area contributed by atoms with Gasteiger partial charge in [0.2, 0.25) is 0 Å². The molecule has 10 nitrogen and oxygen atoms in total. The van der Waals surface area contributed by atoms with Crippen LogP contribution in [0.1, 0.15) is 198 Å². The molecule has 20 rings (SSSR count). The molecule has 724 valence electrons. The number of unbranched alkanes of at least 4 members (excludes halogenated alkanes) is 5. The fourth-order valence-corrected chi connectivity index (χ4v) is 22.6. The van der Waals surface area contributed by atoms with Crippen molar-refractivity contribution >= 4 is 141 Å². The molecule has 0 spiro atoms. The summed E-state index contributed by atoms with van der Waals surface area (Å²) in [5.74, 6) is 7.09. The van der Waals surface area contributed by atoms with Crippen LogP contribution in [-0.2, 0) is 0 Å². The van der Waals surface area contributed by atoms with Crippen molar-refractivity contribution in [2.24, 2.45) is 29.6 Å². The molecular weight excluding hydrogens is 1870 g/mol. The van der Waals surface area contributed by atoms with Gasteiger partial charge in [-0.3, -0.25) is 0 Å². The zero-order valence-corrected chi connectivity index (χ0v) is 87.6. The third-order valence-corrected chi connectivity index (χ3v) is 31.7. The zero-order valence-electron chi connectivity index (χ0n) is 84.5. The summed E-state index contributed by atoms with van der Waals surface area (Å²) in [7, 11) is 0. The number of nitrogens with zero attached hydrogens (tertiary/aromatic N) is 5. The Morgan fingerprint density at radius 2 is 0.331 bits per heavy atom. The Bertz CT molecular complexity index is 7420. The average molecular weight is 2010 g/mol. The number of halogens is 2. The number of hydrogen-bond acceptors (Lipinski definition) is 5. The largest absolute Gasteiger partial charge is 0.493 e. The van der Waals surface area contributed by atoms with Crippen molar-refractivity contribution in [3.8, 4) is 102 Å². The number of fused-ring (bicyclic) bond motifs is 15. The Kier molecular flexibility index (Phi) is 30.0. The molecule has 142 heavy (non-hydrogen) atoms. The first-order valence-corrected chi connectivity index (χ1v) is 54.7. The predicted molar refractivity (Wildman–Crippen MR) is 609 cm³/mol. The van der Waals surface area contributed by atoms with E-state index >= 15 is 0 Å². The maximum Gasteiger partial charge on any atom is 0.119 e. The summed E-state index contributed by atoms with van der Waals surface area (Å²) in [6.07, 6.45) is 23.4. The van der Waals surface area contributed by atoms with Crippen LogP contribution in [-0.4, -0.2) is 55.9 Å². The van der Waals surface area contributed by atoms with Gasteiger partial charge < -0.3 is 46.5 Å². The van der Waals surface area contributed by atoms with Crippen molar-refractivity contribution in [1.29, 1.82) is 0 Å². The van der Waals surface area contributed by atoms with Crippen molar-refractivity contribution in [2.45, 2.75) is 198 Å². The number of benzene rings is 15. The van der Waals surface area contributed by atoms with Crippen LogP contribution in [0, 0.1) is 29.6 Å². The second-order valence-corrected chi connectivity index (χ2v) is 41.8. The summed E-state index contributed by atoms with van der Waals surface area (Å²) in [5.41, 5.74) is 25.7. The zero-order chi connectivity index (χ0) is 97.4. The van der Waals surface area contributed by atoms with Gasteiger partial charge in [0, 0.05) is 91.2 Å². The molecule has 0 amide bonds. The summed E-state index contributed by atoms with van der Waals surface area (Å²) in [6.45, 7) is 26.4. The molecule has 15 aromatic carbocycles. The highest BCUT2D eigenvalue weighted by molar-refractivity contribution is 9.10. The fraction of sp³-hybridized carbons (Fsp3) is 0.308. The third-order valence-electron chi connectivity index (χ3n) is 30.7. The average Bonchev–Trinajstić information content (AvgIpc) is 1.61. The lowest BCUT2D eigenvalue weighted by molar-refractivity contribution is 0.233.